The van der Waals surface area contributed by atoms with E-state index in [1.807, 2.05) is 45.0 Å². The van der Waals surface area contributed by atoms with Crippen LogP contribution in [0.15, 0.2) is 36.4 Å². The van der Waals surface area contributed by atoms with E-state index in [0.717, 1.165) is 22.4 Å². The van der Waals surface area contributed by atoms with Crippen LogP contribution in [0.25, 0.3) is 0 Å². The molecule has 0 heterocycles. The topological polar surface area (TPSA) is 29.1 Å². The Labute approximate surface area is 120 Å². The third kappa shape index (κ3) is 3.27. The Balaban J connectivity index is 2.13. The lowest BCUT2D eigenvalue weighted by molar-refractivity contribution is 0.100. The molecule has 0 aliphatic rings. The predicted octanol–water partition coefficient (Wildman–Crippen LogP) is 4.22. The van der Waals surface area contributed by atoms with Crippen molar-refractivity contribution < 1.29 is 4.79 Å². The molecule has 2 nitrogen and oxygen atoms in total. The number of anilines is 1. The summed E-state index contributed by atoms with van der Waals surface area (Å²) in [6, 6.07) is 12.2. The van der Waals surface area contributed by atoms with Crippen molar-refractivity contribution in [3.8, 4) is 0 Å². The minimum Gasteiger partial charge on any atom is -0.378 e. The zero-order valence-electron chi connectivity index (χ0n) is 12.6. The van der Waals surface area contributed by atoms with Crippen LogP contribution >= 0.6 is 0 Å². The average molecular weight is 267 g/mol. The first-order chi connectivity index (χ1) is 9.47. The molecule has 0 aliphatic heterocycles. The van der Waals surface area contributed by atoms with Crippen molar-refractivity contribution in [2.45, 2.75) is 27.7 Å². The number of benzene rings is 2. The molecule has 1 N–H and O–H groups in total. The van der Waals surface area contributed by atoms with E-state index >= 15 is 0 Å². The summed E-state index contributed by atoms with van der Waals surface area (Å²) >= 11 is 0. The number of rotatable bonds is 4. The molecular weight excluding hydrogens is 246 g/mol. The fourth-order valence-electron chi connectivity index (χ4n) is 2.65. The summed E-state index contributed by atoms with van der Waals surface area (Å²) in [5.41, 5.74) is 6.32. The Morgan fingerprint density at radius 2 is 1.60 bits per heavy atom. The van der Waals surface area contributed by atoms with Crippen LogP contribution in [-0.2, 0) is 0 Å². The molecule has 0 bridgehead atoms. The van der Waals surface area contributed by atoms with Crippen molar-refractivity contribution in [1.82, 2.24) is 0 Å². The number of carbonyl (C=O) groups is 1. The molecule has 0 unspecified atom stereocenters. The first kappa shape index (κ1) is 14.3. The largest absolute Gasteiger partial charge is 0.378 e. The molecule has 0 saturated heterocycles. The fraction of sp³-hybridized carbons (Fsp3) is 0.278. The van der Waals surface area contributed by atoms with E-state index in [0.29, 0.717) is 6.54 Å². The maximum atomic E-state index is 12.4. The molecule has 2 heteroatoms. The monoisotopic (exact) mass is 267 g/mol. The van der Waals surface area contributed by atoms with Gasteiger partial charge < -0.3 is 5.32 Å². The minimum atomic E-state index is 0.140. The van der Waals surface area contributed by atoms with E-state index in [-0.39, 0.29) is 5.78 Å². The number of Topliss-reactive ketones (excluding diaryl/α,β-unsaturated/α-hetero) is 1. The van der Waals surface area contributed by atoms with Crippen LogP contribution in [0.1, 0.15) is 32.6 Å². The summed E-state index contributed by atoms with van der Waals surface area (Å²) in [6.07, 6.45) is 0. The van der Waals surface area contributed by atoms with Gasteiger partial charge in [-0.1, -0.05) is 29.8 Å². The second kappa shape index (κ2) is 5.91. The number of hydrogen-bond acceptors (Lipinski definition) is 2. The third-order valence-electron chi connectivity index (χ3n) is 3.43. The molecule has 0 spiro atoms. The SMILES string of the molecule is Cc1cccc(NCC(=O)c2c(C)cc(C)cc2C)c1. The molecule has 0 amide bonds. The molecule has 0 saturated carbocycles. The van der Waals surface area contributed by atoms with E-state index in [2.05, 4.69) is 24.4 Å². The van der Waals surface area contributed by atoms with Gasteiger partial charge in [0.1, 0.15) is 0 Å². The normalized spacial score (nSPS) is 10.4. The smallest absolute Gasteiger partial charge is 0.182 e. The molecule has 0 aliphatic carbocycles. The van der Waals surface area contributed by atoms with Gasteiger partial charge in [0.05, 0.1) is 6.54 Å². The molecule has 0 fully saturated rings. The van der Waals surface area contributed by atoms with Crippen molar-refractivity contribution in [3.63, 3.8) is 0 Å². The number of carbonyl (C=O) groups excluding carboxylic acids is 1. The molecular formula is C18H21NO. The van der Waals surface area contributed by atoms with Gasteiger partial charge in [0.15, 0.2) is 5.78 Å². The Morgan fingerprint density at radius 3 is 2.20 bits per heavy atom. The van der Waals surface area contributed by atoms with E-state index < -0.39 is 0 Å². The molecule has 0 aromatic heterocycles. The van der Waals surface area contributed by atoms with E-state index in [9.17, 15) is 4.79 Å². The van der Waals surface area contributed by atoms with Gasteiger partial charge in [-0.25, -0.2) is 0 Å². The van der Waals surface area contributed by atoms with Crippen molar-refractivity contribution in [2.24, 2.45) is 0 Å². The van der Waals surface area contributed by atoms with Crippen LogP contribution in [0.2, 0.25) is 0 Å². The maximum Gasteiger partial charge on any atom is 0.182 e. The van der Waals surface area contributed by atoms with Crippen LogP contribution in [0.5, 0.6) is 0 Å². The molecule has 0 radical (unpaired) electrons. The van der Waals surface area contributed by atoms with Gasteiger partial charge in [-0.05, 0) is 56.5 Å². The van der Waals surface area contributed by atoms with Crippen LogP contribution in [0.4, 0.5) is 5.69 Å². The summed E-state index contributed by atoms with van der Waals surface area (Å²) in [5, 5.41) is 3.20. The highest BCUT2D eigenvalue weighted by Crippen LogP contribution is 2.17. The zero-order valence-corrected chi connectivity index (χ0v) is 12.6. The lowest BCUT2D eigenvalue weighted by Crippen LogP contribution is -2.16. The van der Waals surface area contributed by atoms with Crippen LogP contribution < -0.4 is 5.32 Å². The van der Waals surface area contributed by atoms with E-state index in [1.54, 1.807) is 0 Å². The summed E-state index contributed by atoms with van der Waals surface area (Å²) in [6.45, 7) is 8.43. The van der Waals surface area contributed by atoms with Gasteiger partial charge in [-0.15, -0.1) is 0 Å². The van der Waals surface area contributed by atoms with Gasteiger partial charge in [0.25, 0.3) is 0 Å². The summed E-state index contributed by atoms with van der Waals surface area (Å²) in [7, 11) is 0. The maximum absolute atomic E-state index is 12.4. The van der Waals surface area contributed by atoms with Gasteiger partial charge in [0, 0.05) is 11.3 Å². The molecule has 0 atom stereocenters. The molecule has 2 aromatic carbocycles. The first-order valence-electron chi connectivity index (χ1n) is 6.89. The van der Waals surface area contributed by atoms with Crippen molar-refractivity contribution in [1.29, 1.82) is 0 Å². The summed E-state index contributed by atoms with van der Waals surface area (Å²) < 4.78 is 0. The second-order valence-corrected chi connectivity index (χ2v) is 5.42. The molecule has 104 valence electrons. The van der Waals surface area contributed by atoms with Crippen molar-refractivity contribution >= 4 is 11.5 Å². The van der Waals surface area contributed by atoms with Crippen LogP contribution in [0, 0.1) is 27.7 Å². The van der Waals surface area contributed by atoms with E-state index in [1.165, 1.54) is 11.1 Å². The quantitative estimate of drug-likeness (QED) is 0.840. The molecule has 2 rings (SSSR count). The van der Waals surface area contributed by atoms with Crippen molar-refractivity contribution in [2.75, 3.05) is 11.9 Å². The van der Waals surface area contributed by atoms with Gasteiger partial charge in [-0.2, -0.15) is 0 Å². The Bertz CT molecular complexity index is 621. The van der Waals surface area contributed by atoms with Crippen molar-refractivity contribution in [3.05, 3.63) is 64.2 Å². The summed E-state index contributed by atoms with van der Waals surface area (Å²) in [4.78, 5) is 12.4. The predicted molar refractivity (Wildman–Crippen MR) is 84.7 cm³/mol. The number of ketones is 1. The van der Waals surface area contributed by atoms with Crippen LogP contribution in [-0.4, -0.2) is 12.3 Å². The third-order valence-corrected chi connectivity index (χ3v) is 3.43. The van der Waals surface area contributed by atoms with Gasteiger partial charge >= 0.3 is 0 Å². The Kier molecular flexibility index (Phi) is 4.23. The number of hydrogen-bond donors (Lipinski definition) is 1. The molecule has 20 heavy (non-hydrogen) atoms. The highest BCUT2D eigenvalue weighted by atomic mass is 16.1. The lowest BCUT2D eigenvalue weighted by Gasteiger charge is -2.12. The standard InChI is InChI=1S/C18H21NO/c1-12-6-5-7-16(10-12)19-11-17(20)18-14(3)8-13(2)9-15(18)4/h5-10,19H,11H2,1-4H3. The average Bonchev–Trinajstić information content (AvgIpc) is 2.35. The van der Waals surface area contributed by atoms with E-state index in [4.69, 9.17) is 0 Å². The zero-order chi connectivity index (χ0) is 14.7. The second-order valence-electron chi connectivity index (χ2n) is 5.42. The van der Waals surface area contributed by atoms with Gasteiger partial charge in [0.2, 0.25) is 0 Å². The number of nitrogens with one attached hydrogen (secondary N) is 1. The highest BCUT2D eigenvalue weighted by molar-refractivity contribution is 6.01. The first-order valence-corrected chi connectivity index (χ1v) is 6.89. The number of aryl methyl sites for hydroxylation is 4. The molecule has 2 aromatic rings. The van der Waals surface area contributed by atoms with Gasteiger partial charge in [-0.3, -0.25) is 4.79 Å². The van der Waals surface area contributed by atoms with Crippen LogP contribution in [0.3, 0.4) is 0 Å². The lowest BCUT2D eigenvalue weighted by atomic mass is 9.96. The Hall–Kier alpha value is -2.09. The highest BCUT2D eigenvalue weighted by Gasteiger charge is 2.12. The minimum absolute atomic E-state index is 0.140. The Morgan fingerprint density at radius 1 is 0.950 bits per heavy atom. The summed E-state index contributed by atoms with van der Waals surface area (Å²) in [5.74, 6) is 0.140. The fourth-order valence-corrected chi connectivity index (χ4v) is 2.65.